The monoisotopic (exact) mass is 511 g/mol. The van der Waals surface area contributed by atoms with Gasteiger partial charge in [-0.25, -0.2) is 9.97 Å². The number of para-hydroxylation sites is 1. The van der Waals surface area contributed by atoms with Gasteiger partial charge in [0.25, 0.3) is 5.91 Å². The van der Waals surface area contributed by atoms with Gasteiger partial charge in [0.1, 0.15) is 6.33 Å². The van der Waals surface area contributed by atoms with Crippen LogP contribution in [0.25, 0.3) is 0 Å². The second-order valence-corrected chi connectivity index (χ2v) is 11.2. The maximum absolute atomic E-state index is 13.3. The van der Waals surface area contributed by atoms with Crippen LogP contribution in [0.2, 0.25) is 0 Å². The number of carbonyl (C=O) groups is 1. The number of benzene rings is 2. The average Bonchev–Trinajstić information content (AvgIpc) is 2.95. The molecule has 2 aliphatic heterocycles. The van der Waals surface area contributed by atoms with Gasteiger partial charge in [0, 0.05) is 50.0 Å². The number of aromatic nitrogens is 2. The molecule has 1 aromatic heterocycles. The summed E-state index contributed by atoms with van der Waals surface area (Å²) in [5.74, 6) is 0.0817. The molecule has 0 radical (unpaired) electrons. The van der Waals surface area contributed by atoms with E-state index in [2.05, 4.69) is 87.4 Å². The molecule has 6 heteroatoms. The molecular formula is C32H41N5O. The maximum Gasteiger partial charge on any atom is 0.257 e. The molecule has 0 saturated carbocycles. The minimum Gasteiger partial charge on any atom is -0.368 e. The molecule has 2 saturated heterocycles. The summed E-state index contributed by atoms with van der Waals surface area (Å²) in [4.78, 5) is 29.1. The zero-order valence-corrected chi connectivity index (χ0v) is 23.1. The quantitative estimate of drug-likeness (QED) is 0.431. The van der Waals surface area contributed by atoms with E-state index in [4.69, 9.17) is 0 Å². The number of likely N-dealkylation sites (tertiary alicyclic amines) is 2. The fourth-order valence-corrected chi connectivity index (χ4v) is 6.32. The molecule has 3 aromatic rings. The topological polar surface area (TPSA) is 52.6 Å². The molecule has 38 heavy (non-hydrogen) atoms. The zero-order chi connectivity index (χ0) is 26.5. The van der Waals surface area contributed by atoms with Crippen LogP contribution in [0.15, 0.2) is 67.0 Å². The van der Waals surface area contributed by atoms with Gasteiger partial charge in [0.2, 0.25) is 0 Å². The molecule has 3 heterocycles. The summed E-state index contributed by atoms with van der Waals surface area (Å²) >= 11 is 0. The first-order valence-corrected chi connectivity index (χ1v) is 14.1. The van der Waals surface area contributed by atoms with E-state index in [0.29, 0.717) is 11.6 Å². The SMILES string of the molecule is Cc1ncnc(C)c1C(=O)N1CCC(C)(N2CCC(N(CCc3ccccc3)c3ccccc3)CC2)CC1. The Balaban J connectivity index is 1.19. The summed E-state index contributed by atoms with van der Waals surface area (Å²) in [6.07, 6.45) is 6.95. The Bertz CT molecular complexity index is 1180. The molecule has 2 aromatic carbocycles. The van der Waals surface area contributed by atoms with Crippen molar-refractivity contribution >= 4 is 11.6 Å². The Morgan fingerprint density at radius 1 is 0.895 bits per heavy atom. The summed E-state index contributed by atoms with van der Waals surface area (Å²) in [6.45, 7) is 11.0. The van der Waals surface area contributed by atoms with Crippen LogP contribution >= 0.6 is 0 Å². The van der Waals surface area contributed by atoms with Crippen LogP contribution in [0.1, 0.15) is 59.9 Å². The fraction of sp³-hybridized carbons (Fsp3) is 0.469. The van der Waals surface area contributed by atoms with Gasteiger partial charge in [0.05, 0.1) is 17.0 Å². The highest BCUT2D eigenvalue weighted by atomic mass is 16.2. The van der Waals surface area contributed by atoms with Gasteiger partial charge in [-0.3, -0.25) is 9.69 Å². The lowest BCUT2D eigenvalue weighted by molar-refractivity contribution is 0.0171. The van der Waals surface area contributed by atoms with E-state index in [-0.39, 0.29) is 11.4 Å². The number of piperidine rings is 2. The van der Waals surface area contributed by atoms with Crippen LogP contribution in [-0.4, -0.2) is 70.0 Å². The number of hydrogen-bond donors (Lipinski definition) is 0. The third-order valence-corrected chi connectivity index (χ3v) is 8.81. The summed E-state index contributed by atoms with van der Waals surface area (Å²) in [6, 6.07) is 22.3. The largest absolute Gasteiger partial charge is 0.368 e. The predicted octanol–water partition coefficient (Wildman–Crippen LogP) is 5.30. The van der Waals surface area contributed by atoms with E-state index < -0.39 is 0 Å². The van der Waals surface area contributed by atoms with E-state index in [1.165, 1.54) is 24.1 Å². The average molecular weight is 512 g/mol. The minimum atomic E-state index is 0.0817. The number of rotatable bonds is 7. The fourth-order valence-electron chi connectivity index (χ4n) is 6.32. The normalized spacial score (nSPS) is 18.3. The number of nitrogens with zero attached hydrogens (tertiary/aromatic N) is 5. The van der Waals surface area contributed by atoms with Crippen LogP contribution in [-0.2, 0) is 6.42 Å². The number of hydrogen-bond acceptors (Lipinski definition) is 5. The van der Waals surface area contributed by atoms with Gasteiger partial charge in [-0.15, -0.1) is 0 Å². The first-order valence-electron chi connectivity index (χ1n) is 14.1. The second kappa shape index (κ2) is 11.6. The van der Waals surface area contributed by atoms with Crippen molar-refractivity contribution < 1.29 is 4.79 Å². The molecule has 0 atom stereocenters. The van der Waals surface area contributed by atoms with E-state index in [9.17, 15) is 4.79 Å². The highest BCUT2D eigenvalue weighted by Gasteiger charge is 2.39. The van der Waals surface area contributed by atoms with Crippen LogP contribution < -0.4 is 4.90 Å². The highest BCUT2D eigenvalue weighted by Crippen LogP contribution is 2.34. The molecule has 200 valence electrons. The van der Waals surface area contributed by atoms with E-state index in [1.54, 1.807) is 6.33 Å². The lowest BCUT2D eigenvalue weighted by atomic mass is 9.85. The van der Waals surface area contributed by atoms with Crippen molar-refractivity contribution in [1.82, 2.24) is 19.8 Å². The van der Waals surface area contributed by atoms with Crippen molar-refractivity contribution in [1.29, 1.82) is 0 Å². The van der Waals surface area contributed by atoms with Crippen molar-refractivity contribution in [3.63, 3.8) is 0 Å². The summed E-state index contributed by atoms with van der Waals surface area (Å²) in [5.41, 5.74) is 5.08. The van der Waals surface area contributed by atoms with Crippen molar-refractivity contribution in [2.45, 2.75) is 64.5 Å². The first-order chi connectivity index (χ1) is 18.4. The third kappa shape index (κ3) is 5.75. The van der Waals surface area contributed by atoms with Gasteiger partial charge < -0.3 is 9.80 Å². The third-order valence-electron chi connectivity index (χ3n) is 8.81. The number of amides is 1. The summed E-state index contributed by atoms with van der Waals surface area (Å²) < 4.78 is 0. The lowest BCUT2D eigenvalue weighted by Crippen LogP contribution is -2.58. The lowest BCUT2D eigenvalue weighted by Gasteiger charge is -2.50. The van der Waals surface area contributed by atoms with Gasteiger partial charge in [0.15, 0.2) is 0 Å². The van der Waals surface area contributed by atoms with Crippen molar-refractivity contribution in [2.24, 2.45) is 0 Å². The molecular weight excluding hydrogens is 470 g/mol. The molecule has 0 N–H and O–H groups in total. The Kier molecular flexibility index (Phi) is 8.08. The highest BCUT2D eigenvalue weighted by molar-refractivity contribution is 5.96. The first kappa shape index (κ1) is 26.4. The number of anilines is 1. The van der Waals surface area contributed by atoms with E-state index in [1.807, 2.05) is 18.7 Å². The summed E-state index contributed by atoms with van der Waals surface area (Å²) in [7, 11) is 0. The molecule has 0 aliphatic carbocycles. The Hall–Kier alpha value is -3.25. The molecule has 0 unspecified atom stereocenters. The van der Waals surface area contributed by atoms with Gasteiger partial charge in [-0.05, 0) is 70.6 Å². The Labute approximate surface area is 227 Å². The standard InChI is InChI=1S/C32H41N5O/c1-25-30(26(2)34-24-33-25)31(38)35-22-17-32(3,18-23-35)36-19-15-29(16-20-36)37(28-12-8-5-9-13-28)21-14-27-10-6-4-7-11-27/h4-13,24,29H,14-23H2,1-3H3. The minimum absolute atomic E-state index is 0.0817. The van der Waals surface area contributed by atoms with Crippen molar-refractivity contribution in [3.8, 4) is 0 Å². The molecule has 2 fully saturated rings. The Morgan fingerprint density at radius 3 is 2.08 bits per heavy atom. The smallest absolute Gasteiger partial charge is 0.257 e. The predicted molar refractivity (Wildman–Crippen MR) is 154 cm³/mol. The summed E-state index contributed by atoms with van der Waals surface area (Å²) in [5, 5.41) is 0. The van der Waals surface area contributed by atoms with Gasteiger partial charge in [-0.2, -0.15) is 0 Å². The molecule has 2 aliphatic rings. The molecule has 6 nitrogen and oxygen atoms in total. The van der Waals surface area contributed by atoms with Crippen molar-refractivity contribution in [3.05, 3.63) is 89.5 Å². The van der Waals surface area contributed by atoms with E-state index >= 15 is 0 Å². The molecule has 0 spiro atoms. The van der Waals surface area contributed by atoms with Crippen LogP contribution in [0.5, 0.6) is 0 Å². The molecule has 0 bridgehead atoms. The maximum atomic E-state index is 13.3. The van der Waals surface area contributed by atoms with Gasteiger partial charge >= 0.3 is 0 Å². The number of aryl methyl sites for hydroxylation is 2. The van der Waals surface area contributed by atoms with Gasteiger partial charge in [-0.1, -0.05) is 48.5 Å². The van der Waals surface area contributed by atoms with Crippen LogP contribution in [0.4, 0.5) is 5.69 Å². The molecule has 5 rings (SSSR count). The van der Waals surface area contributed by atoms with Crippen LogP contribution in [0, 0.1) is 13.8 Å². The zero-order valence-electron chi connectivity index (χ0n) is 23.1. The van der Waals surface area contributed by atoms with E-state index in [0.717, 1.165) is 63.4 Å². The number of carbonyl (C=O) groups excluding carboxylic acids is 1. The Morgan fingerprint density at radius 2 is 1.47 bits per heavy atom. The molecule has 1 amide bonds. The van der Waals surface area contributed by atoms with Crippen LogP contribution in [0.3, 0.4) is 0 Å². The van der Waals surface area contributed by atoms with Crippen molar-refractivity contribution in [2.75, 3.05) is 37.6 Å². The second-order valence-electron chi connectivity index (χ2n) is 11.2.